The molecule has 0 atom stereocenters. The van der Waals surface area contributed by atoms with E-state index >= 15 is 0 Å². The Morgan fingerprint density at radius 3 is 2.64 bits per heavy atom. The second-order valence-electron chi connectivity index (χ2n) is 3.12. The predicted molar refractivity (Wildman–Crippen MR) is 56.5 cm³/mol. The Morgan fingerprint density at radius 2 is 2.07 bits per heavy atom. The van der Waals surface area contributed by atoms with Crippen LogP contribution < -0.4 is 10.5 Å². The fourth-order valence-electron chi connectivity index (χ4n) is 1.42. The van der Waals surface area contributed by atoms with Gasteiger partial charge in [0.25, 0.3) is 0 Å². The van der Waals surface area contributed by atoms with Crippen LogP contribution >= 0.6 is 0 Å². The largest absolute Gasteiger partial charge is 0.496 e. The highest BCUT2D eigenvalue weighted by molar-refractivity contribution is 5.37. The van der Waals surface area contributed by atoms with E-state index in [0.717, 1.165) is 17.7 Å². The molecule has 2 N–H and O–H groups in total. The van der Waals surface area contributed by atoms with Gasteiger partial charge >= 0.3 is 0 Å². The Hall–Kier alpha value is -1.06. The summed E-state index contributed by atoms with van der Waals surface area (Å²) in [4.78, 5) is 0. The number of ether oxygens (including phenoxy) is 2. The molecule has 0 amide bonds. The first-order chi connectivity index (χ1) is 6.81. The molecular weight excluding hydrogens is 178 g/mol. The number of benzene rings is 1. The minimum atomic E-state index is 0.571. The minimum absolute atomic E-state index is 0.571. The second kappa shape index (κ2) is 5.62. The summed E-state index contributed by atoms with van der Waals surface area (Å²) in [6.07, 6.45) is 0.890. The highest BCUT2D eigenvalue weighted by atomic mass is 16.5. The third kappa shape index (κ3) is 2.72. The molecular formula is C11H17NO2. The van der Waals surface area contributed by atoms with Crippen molar-refractivity contribution in [1.82, 2.24) is 0 Å². The molecule has 0 aliphatic rings. The smallest absolute Gasteiger partial charge is 0.124 e. The van der Waals surface area contributed by atoms with Gasteiger partial charge in [-0.05, 0) is 30.7 Å². The topological polar surface area (TPSA) is 44.5 Å². The lowest BCUT2D eigenvalue weighted by atomic mass is 10.1. The Bertz CT molecular complexity index is 287. The van der Waals surface area contributed by atoms with Gasteiger partial charge in [0.05, 0.1) is 13.7 Å². The van der Waals surface area contributed by atoms with Crippen LogP contribution in [0.2, 0.25) is 0 Å². The van der Waals surface area contributed by atoms with Gasteiger partial charge in [0.15, 0.2) is 0 Å². The lowest BCUT2D eigenvalue weighted by Crippen LogP contribution is -2.03. The van der Waals surface area contributed by atoms with E-state index in [0.29, 0.717) is 13.2 Å². The molecule has 1 aromatic carbocycles. The van der Waals surface area contributed by atoms with Crippen LogP contribution in [0.5, 0.6) is 5.75 Å². The molecule has 0 saturated heterocycles. The van der Waals surface area contributed by atoms with Gasteiger partial charge in [-0.15, -0.1) is 0 Å². The van der Waals surface area contributed by atoms with Crippen molar-refractivity contribution in [3.8, 4) is 5.75 Å². The van der Waals surface area contributed by atoms with Gasteiger partial charge in [0.2, 0.25) is 0 Å². The summed E-state index contributed by atoms with van der Waals surface area (Å²) < 4.78 is 10.3. The summed E-state index contributed by atoms with van der Waals surface area (Å²) in [6.45, 7) is 1.24. The molecule has 0 bridgehead atoms. The van der Waals surface area contributed by atoms with Gasteiger partial charge in [-0.1, -0.05) is 6.07 Å². The molecule has 0 unspecified atom stereocenters. The van der Waals surface area contributed by atoms with Crippen LogP contribution in [0.15, 0.2) is 18.2 Å². The zero-order valence-electron chi connectivity index (χ0n) is 8.75. The standard InChI is InChI=1S/C11H17NO2/c1-13-8-10-7-9(5-6-12)3-4-11(10)14-2/h3-4,7H,5-6,8,12H2,1-2H3. The van der Waals surface area contributed by atoms with Crippen LogP contribution in [0.25, 0.3) is 0 Å². The molecule has 3 nitrogen and oxygen atoms in total. The average Bonchev–Trinajstić information content (AvgIpc) is 2.19. The van der Waals surface area contributed by atoms with Gasteiger partial charge in [0, 0.05) is 12.7 Å². The molecule has 0 heterocycles. The van der Waals surface area contributed by atoms with Gasteiger partial charge < -0.3 is 15.2 Å². The van der Waals surface area contributed by atoms with Crippen molar-refractivity contribution in [3.05, 3.63) is 29.3 Å². The molecule has 1 aromatic rings. The number of hydrogen-bond donors (Lipinski definition) is 1. The van der Waals surface area contributed by atoms with E-state index in [2.05, 4.69) is 6.07 Å². The number of methoxy groups -OCH3 is 2. The maximum atomic E-state index is 5.49. The lowest BCUT2D eigenvalue weighted by molar-refractivity contribution is 0.181. The molecule has 14 heavy (non-hydrogen) atoms. The summed E-state index contributed by atoms with van der Waals surface area (Å²) in [5.41, 5.74) is 7.79. The molecule has 0 spiro atoms. The average molecular weight is 195 g/mol. The molecule has 0 aliphatic heterocycles. The molecule has 0 aliphatic carbocycles. The second-order valence-corrected chi connectivity index (χ2v) is 3.12. The van der Waals surface area contributed by atoms with Crippen molar-refractivity contribution in [2.75, 3.05) is 20.8 Å². The van der Waals surface area contributed by atoms with Crippen molar-refractivity contribution in [3.63, 3.8) is 0 Å². The quantitative estimate of drug-likeness (QED) is 0.771. The Balaban J connectivity index is 2.88. The third-order valence-corrected chi connectivity index (χ3v) is 2.08. The highest BCUT2D eigenvalue weighted by Gasteiger charge is 2.03. The van der Waals surface area contributed by atoms with Gasteiger partial charge in [0.1, 0.15) is 5.75 Å². The van der Waals surface area contributed by atoms with Crippen LogP contribution in [0.4, 0.5) is 0 Å². The Morgan fingerprint density at radius 1 is 1.29 bits per heavy atom. The fourth-order valence-corrected chi connectivity index (χ4v) is 1.42. The fraction of sp³-hybridized carbons (Fsp3) is 0.455. The normalized spacial score (nSPS) is 10.2. The summed E-state index contributed by atoms with van der Waals surface area (Å²) in [5.74, 6) is 0.868. The number of rotatable bonds is 5. The molecule has 3 heteroatoms. The van der Waals surface area contributed by atoms with Crippen LogP contribution in [0.3, 0.4) is 0 Å². The van der Waals surface area contributed by atoms with Crippen LogP contribution in [0, 0.1) is 0 Å². The summed E-state index contributed by atoms with van der Waals surface area (Å²) in [6, 6.07) is 6.07. The highest BCUT2D eigenvalue weighted by Crippen LogP contribution is 2.20. The monoisotopic (exact) mass is 195 g/mol. The van der Waals surface area contributed by atoms with E-state index in [9.17, 15) is 0 Å². The first-order valence-corrected chi connectivity index (χ1v) is 4.66. The maximum absolute atomic E-state index is 5.49. The predicted octanol–water partition coefficient (Wildman–Crippen LogP) is 1.34. The van der Waals surface area contributed by atoms with Crippen LogP contribution in [-0.2, 0) is 17.8 Å². The van der Waals surface area contributed by atoms with Crippen molar-refractivity contribution in [2.45, 2.75) is 13.0 Å². The Labute approximate surface area is 84.8 Å². The first-order valence-electron chi connectivity index (χ1n) is 4.66. The van der Waals surface area contributed by atoms with Crippen molar-refractivity contribution >= 4 is 0 Å². The zero-order valence-corrected chi connectivity index (χ0v) is 8.75. The van der Waals surface area contributed by atoms with Crippen molar-refractivity contribution in [2.24, 2.45) is 5.73 Å². The first kappa shape index (κ1) is 11.0. The molecule has 0 radical (unpaired) electrons. The van der Waals surface area contributed by atoms with E-state index in [4.69, 9.17) is 15.2 Å². The Kier molecular flexibility index (Phi) is 4.43. The van der Waals surface area contributed by atoms with E-state index in [-0.39, 0.29) is 0 Å². The summed E-state index contributed by atoms with van der Waals surface area (Å²) >= 11 is 0. The van der Waals surface area contributed by atoms with E-state index < -0.39 is 0 Å². The number of hydrogen-bond acceptors (Lipinski definition) is 3. The summed E-state index contributed by atoms with van der Waals surface area (Å²) in [5, 5.41) is 0. The molecule has 1 rings (SSSR count). The zero-order chi connectivity index (χ0) is 10.4. The minimum Gasteiger partial charge on any atom is -0.496 e. The third-order valence-electron chi connectivity index (χ3n) is 2.08. The van der Waals surface area contributed by atoms with E-state index in [1.165, 1.54) is 5.56 Å². The summed E-state index contributed by atoms with van der Waals surface area (Å²) in [7, 11) is 3.34. The van der Waals surface area contributed by atoms with Crippen LogP contribution in [-0.4, -0.2) is 20.8 Å². The molecule has 78 valence electrons. The van der Waals surface area contributed by atoms with Crippen LogP contribution in [0.1, 0.15) is 11.1 Å². The molecule has 0 fully saturated rings. The van der Waals surface area contributed by atoms with Gasteiger partial charge in [-0.25, -0.2) is 0 Å². The van der Waals surface area contributed by atoms with E-state index in [1.807, 2.05) is 12.1 Å². The van der Waals surface area contributed by atoms with Gasteiger partial charge in [-0.3, -0.25) is 0 Å². The SMILES string of the molecule is COCc1cc(CCN)ccc1OC. The van der Waals surface area contributed by atoms with Crippen molar-refractivity contribution in [1.29, 1.82) is 0 Å². The van der Waals surface area contributed by atoms with E-state index in [1.54, 1.807) is 14.2 Å². The molecule has 0 aromatic heterocycles. The molecule has 0 saturated carbocycles. The number of nitrogens with two attached hydrogens (primary N) is 1. The lowest BCUT2D eigenvalue weighted by Gasteiger charge is -2.09. The van der Waals surface area contributed by atoms with Gasteiger partial charge in [-0.2, -0.15) is 0 Å². The van der Waals surface area contributed by atoms with Crippen molar-refractivity contribution < 1.29 is 9.47 Å². The maximum Gasteiger partial charge on any atom is 0.124 e.